The number of hydrogen-bond donors (Lipinski definition) is 8. The predicted molar refractivity (Wildman–Crippen MR) is 495 cm³/mol. The van der Waals surface area contributed by atoms with E-state index >= 15 is 0 Å². The van der Waals surface area contributed by atoms with Gasteiger partial charge >= 0.3 is 0 Å². The number of anilines is 1. The summed E-state index contributed by atoms with van der Waals surface area (Å²) in [4.78, 5) is 39.1. The number of nitrogens with zero attached hydrogens (tertiary/aromatic N) is 9. The molecule has 0 amide bonds. The minimum absolute atomic E-state index is 0. The Labute approximate surface area is 805 Å². The van der Waals surface area contributed by atoms with Crippen LogP contribution >= 0.6 is 0 Å². The fourth-order valence-electron chi connectivity index (χ4n) is 17.5. The molecule has 0 bridgehead atoms. The Kier molecular flexibility index (Phi) is 39.9. The number of aliphatic hydroxyl groups is 8. The molecule has 1 spiro atoms. The summed E-state index contributed by atoms with van der Waals surface area (Å²) in [5, 5.41) is 70.9. The third-order valence-corrected chi connectivity index (χ3v) is 22.4. The first-order valence-electron chi connectivity index (χ1n) is 43.1. The second kappa shape index (κ2) is 48.0. The van der Waals surface area contributed by atoms with Crippen LogP contribution in [0.5, 0.6) is 0 Å². The summed E-state index contributed by atoms with van der Waals surface area (Å²) in [6.07, 6.45) is 11.0. The zero-order valence-corrected chi connectivity index (χ0v) is 85.6. The Morgan fingerprint density at radius 2 is 0.646 bits per heavy atom. The molecule has 9 aromatic carbocycles. The number of rotatable bonds is 12. The molecule has 6 heterocycles. The van der Waals surface area contributed by atoms with Gasteiger partial charge in [0, 0.05) is 164 Å². The summed E-state index contributed by atoms with van der Waals surface area (Å²) in [5.74, 6) is 0. The van der Waals surface area contributed by atoms with Crippen LogP contribution in [0.25, 0.3) is 89.2 Å². The van der Waals surface area contributed by atoms with Crippen molar-refractivity contribution in [2.75, 3.05) is 18.0 Å². The molecule has 13 aromatic rings. The number of aryl methyl sites for hydroxylation is 10. The largest absolute Gasteiger partial charge is 0.410 e. The van der Waals surface area contributed by atoms with Crippen molar-refractivity contribution >= 4 is 16.5 Å². The molecule has 4 aromatic heterocycles. The first-order valence-corrected chi connectivity index (χ1v) is 43.1. The van der Waals surface area contributed by atoms with E-state index in [4.69, 9.17) is 45.8 Å². The molecular formula is C106H121Ir4N9O8-4. The summed E-state index contributed by atoms with van der Waals surface area (Å²) in [5.41, 5.74) is 35.3. The van der Waals surface area contributed by atoms with Gasteiger partial charge in [-0.25, -0.2) is 0 Å². The summed E-state index contributed by atoms with van der Waals surface area (Å²) >= 11 is 0. The Morgan fingerprint density at radius 3 is 1.02 bits per heavy atom. The maximum absolute atomic E-state index is 8.56. The van der Waals surface area contributed by atoms with Crippen molar-refractivity contribution in [1.82, 2.24) is 39.9 Å². The monoisotopic (exact) mass is 2420 g/mol. The van der Waals surface area contributed by atoms with Gasteiger partial charge in [-0.3, -0.25) is 19.9 Å². The van der Waals surface area contributed by atoms with Crippen molar-refractivity contribution in [2.45, 2.75) is 236 Å². The first-order chi connectivity index (χ1) is 58.6. The van der Waals surface area contributed by atoms with Gasteiger partial charge in [-0.2, -0.15) is 0 Å². The Balaban J connectivity index is 0.000000212. The molecule has 8 unspecified atom stereocenters. The van der Waals surface area contributed by atoms with Crippen molar-refractivity contribution in [2.24, 2.45) is 0 Å². The van der Waals surface area contributed by atoms with E-state index in [1.165, 1.54) is 127 Å². The standard InChI is InChI=1S/C31H21N2.C21H19N2.C18H20N3.C16H13N2.4C5H12O2.4Ir/c1-19-18-32-30(20(2)33-19)21-15-16-25-24-11-5-8-14-28(24)31(29(25)17-21)26-12-6-3-9-22(26)23-10-4-7-13-27(23)31;1-13-12-22-20(14(2)23-13)15-9-10-17-16-7-5-6-8-18(16)21(3,4)19(17)11-15;1-12-11-19-17(13(2)20-12)16-9-14-5-3-7-21-8-4-6-15(10-16)18(14)21;1-11-10-17-16(12(2)18-11)15-8-7-13-5-3-4-6-14(13)9-15;4*1-4(6)3-5(2)7;;;;/h3-14,16-18H,1-2H3;5-8,10-12H,1-4H3;9,11H,3-8H2,1-2H3;3-7,9-10H,1-2H3;4*4-7H,3H2,1-2H3;;;;/q4*-1;;;;;;;;. The molecule has 2 aliphatic heterocycles. The minimum atomic E-state index is -0.375. The summed E-state index contributed by atoms with van der Waals surface area (Å²) in [6.45, 7) is 36.2. The molecule has 4 radical (unpaired) electrons. The van der Waals surface area contributed by atoms with Gasteiger partial charge in [0.25, 0.3) is 0 Å². The van der Waals surface area contributed by atoms with E-state index in [2.05, 4.69) is 223 Å². The molecule has 8 atom stereocenters. The van der Waals surface area contributed by atoms with Crippen LogP contribution in [0.1, 0.15) is 198 Å². The first kappa shape index (κ1) is 106. The normalized spacial score (nSPS) is 14.7. The smallest absolute Gasteiger partial charge is 0.0550 e. The average molecular weight is 2420 g/mol. The molecule has 21 heteroatoms. The fraction of sp³-hybridized carbons (Fsp3) is 0.358. The quantitative estimate of drug-likeness (QED) is 0.0528. The van der Waals surface area contributed by atoms with Gasteiger partial charge in [-0.1, -0.05) is 163 Å². The van der Waals surface area contributed by atoms with Crippen molar-refractivity contribution in [3.8, 4) is 78.4 Å². The summed E-state index contributed by atoms with van der Waals surface area (Å²) in [6, 6.07) is 72.6. The van der Waals surface area contributed by atoms with Crippen molar-refractivity contribution in [1.29, 1.82) is 0 Å². The molecule has 678 valence electrons. The molecule has 0 saturated carbocycles. The van der Waals surface area contributed by atoms with Gasteiger partial charge in [0.1, 0.15) is 0 Å². The third-order valence-electron chi connectivity index (χ3n) is 22.4. The summed E-state index contributed by atoms with van der Waals surface area (Å²) in [7, 11) is 0. The third kappa shape index (κ3) is 26.1. The maximum atomic E-state index is 8.56. The van der Waals surface area contributed by atoms with Crippen molar-refractivity contribution < 1.29 is 121 Å². The fourth-order valence-corrected chi connectivity index (χ4v) is 17.5. The number of aromatic nitrogens is 8. The number of hydrogen-bond acceptors (Lipinski definition) is 17. The van der Waals surface area contributed by atoms with Gasteiger partial charge in [-0.05, 0) is 207 Å². The number of benzene rings is 9. The van der Waals surface area contributed by atoms with E-state index in [1.807, 2.05) is 92.2 Å². The van der Waals surface area contributed by atoms with E-state index in [1.54, 1.807) is 61.6 Å². The van der Waals surface area contributed by atoms with E-state index in [9.17, 15) is 0 Å². The van der Waals surface area contributed by atoms with Crippen LogP contribution in [0.4, 0.5) is 5.69 Å². The average Bonchev–Trinajstić information content (AvgIpc) is 1.51. The van der Waals surface area contributed by atoms with E-state index in [-0.39, 0.29) is 140 Å². The molecule has 17 nitrogen and oxygen atoms in total. The molecule has 0 saturated heterocycles. The van der Waals surface area contributed by atoms with Gasteiger partial charge in [0.15, 0.2) is 0 Å². The topological polar surface area (TPSA) is 268 Å². The zero-order valence-electron chi connectivity index (χ0n) is 76.0. The minimum Gasteiger partial charge on any atom is -0.410 e. The number of fused-ring (bicyclic) bond motifs is 14. The molecule has 18 rings (SSSR count). The summed E-state index contributed by atoms with van der Waals surface area (Å²) < 4.78 is 0. The van der Waals surface area contributed by atoms with Crippen molar-refractivity contribution in [3.63, 3.8) is 0 Å². The molecule has 127 heavy (non-hydrogen) atoms. The van der Waals surface area contributed by atoms with Crippen LogP contribution in [-0.2, 0) is 104 Å². The van der Waals surface area contributed by atoms with Crippen LogP contribution in [0.2, 0.25) is 0 Å². The second-order valence-electron chi connectivity index (χ2n) is 34.1. The van der Waals surface area contributed by atoms with Crippen LogP contribution in [-0.4, -0.2) is 143 Å². The van der Waals surface area contributed by atoms with Gasteiger partial charge < -0.3 is 65.7 Å². The molecule has 3 aliphatic carbocycles. The van der Waals surface area contributed by atoms with Crippen LogP contribution in [0, 0.1) is 79.7 Å². The van der Waals surface area contributed by atoms with Gasteiger partial charge in [-0.15, -0.1) is 117 Å². The van der Waals surface area contributed by atoms with E-state index in [0.717, 1.165) is 97.0 Å². The second-order valence-corrected chi connectivity index (χ2v) is 34.1. The Bertz CT molecular complexity index is 5630. The molecule has 5 aliphatic rings. The van der Waals surface area contributed by atoms with Crippen LogP contribution < -0.4 is 4.90 Å². The van der Waals surface area contributed by atoms with E-state index < -0.39 is 0 Å². The Hall–Kier alpha value is -8.36. The van der Waals surface area contributed by atoms with Crippen LogP contribution in [0.3, 0.4) is 0 Å². The zero-order chi connectivity index (χ0) is 88.7. The van der Waals surface area contributed by atoms with Gasteiger partial charge in [0.2, 0.25) is 0 Å². The SMILES string of the molecule is CC(O)CC(C)O.CC(O)CC(C)O.CC(O)CC(C)O.CC(O)CC(C)O.Cc1cnc(-c2[c-]c3c4c(c2)CCCN4CCC3)c(C)n1.Cc1cnc(-c2[c-]cc3c(c2)C(C)(C)c2ccccc2-3)c(C)n1.Cc1cnc(-c2[c-]cc3c(c2)C2(c4ccccc4-c4ccccc42)c2ccccc2-3)c(C)n1.Cc1cnc(-c2[c-]cc3ccccc3c2)c(C)n1.[Ir].[Ir].[Ir].[Ir]. The molecule has 8 N–H and O–H groups in total. The maximum Gasteiger partial charge on any atom is 0.0550 e. The predicted octanol–water partition coefficient (Wildman–Crippen LogP) is 19.3. The Morgan fingerprint density at radius 1 is 0.339 bits per heavy atom. The molecular weight excluding hydrogens is 2300 g/mol. The van der Waals surface area contributed by atoms with E-state index in [0.29, 0.717) is 25.7 Å². The van der Waals surface area contributed by atoms with Crippen LogP contribution in [0.15, 0.2) is 189 Å². The number of aliphatic hydroxyl groups excluding tert-OH is 8. The molecule has 0 fully saturated rings. The van der Waals surface area contributed by atoms with Gasteiger partial charge in [0.05, 0.1) is 77.0 Å². The van der Waals surface area contributed by atoms with Crippen molar-refractivity contribution in [3.05, 3.63) is 303 Å².